The summed E-state index contributed by atoms with van der Waals surface area (Å²) >= 11 is 0. The number of amides is 1. The van der Waals surface area contributed by atoms with Crippen LogP contribution in [0.1, 0.15) is 36.7 Å². The largest absolute Gasteiger partial charge is 0.481 e. The molecule has 6 heteroatoms. The lowest BCUT2D eigenvalue weighted by Crippen LogP contribution is -2.37. The number of hydrogen-bond acceptors (Lipinski definition) is 3. The van der Waals surface area contributed by atoms with Gasteiger partial charge in [-0.3, -0.25) is 14.7 Å². The first-order valence-electron chi connectivity index (χ1n) is 6.91. The van der Waals surface area contributed by atoms with E-state index in [9.17, 15) is 14.7 Å². The first kappa shape index (κ1) is 14.6. The van der Waals surface area contributed by atoms with Gasteiger partial charge in [0.15, 0.2) is 0 Å². The smallest absolute Gasteiger partial charge is 0.311 e. The zero-order valence-electron chi connectivity index (χ0n) is 12.2. The maximum absolute atomic E-state index is 12.3. The Labute approximate surface area is 118 Å². The first-order valence-corrected chi connectivity index (χ1v) is 6.91. The molecule has 1 amide bonds. The topological polar surface area (TPSA) is 86.3 Å². The van der Waals surface area contributed by atoms with Gasteiger partial charge in [-0.25, -0.2) is 0 Å². The minimum absolute atomic E-state index is 0.0193. The molecule has 2 N–H and O–H groups in total. The summed E-state index contributed by atoms with van der Waals surface area (Å²) in [6.45, 7) is 6.46. The quantitative estimate of drug-likeness (QED) is 0.869. The van der Waals surface area contributed by atoms with E-state index in [1.54, 1.807) is 4.90 Å². The van der Waals surface area contributed by atoms with Crippen LogP contribution in [0, 0.1) is 19.3 Å². The molecule has 1 aromatic heterocycles. The SMILES string of the molecule is CCC1(C(=O)O)CCN(C(=O)Cc2c(C)n[nH]c2C)C1. The molecule has 0 aliphatic carbocycles. The Morgan fingerprint density at radius 1 is 1.45 bits per heavy atom. The van der Waals surface area contributed by atoms with Crippen molar-refractivity contribution >= 4 is 11.9 Å². The van der Waals surface area contributed by atoms with Crippen molar-refractivity contribution in [2.75, 3.05) is 13.1 Å². The van der Waals surface area contributed by atoms with Gasteiger partial charge in [0, 0.05) is 24.3 Å². The zero-order chi connectivity index (χ0) is 14.9. The molecule has 1 aliphatic rings. The average molecular weight is 279 g/mol. The molecule has 1 atom stereocenters. The molecule has 0 aromatic carbocycles. The minimum Gasteiger partial charge on any atom is -0.481 e. The van der Waals surface area contributed by atoms with E-state index in [1.807, 2.05) is 20.8 Å². The van der Waals surface area contributed by atoms with E-state index in [4.69, 9.17) is 0 Å². The van der Waals surface area contributed by atoms with Crippen LogP contribution < -0.4 is 0 Å². The summed E-state index contributed by atoms with van der Waals surface area (Å²) in [6, 6.07) is 0. The number of nitrogens with zero attached hydrogens (tertiary/aromatic N) is 2. The third-order valence-electron chi connectivity index (χ3n) is 4.45. The van der Waals surface area contributed by atoms with Crippen LogP contribution in [0.4, 0.5) is 0 Å². The fourth-order valence-corrected chi connectivity index (χ4v) is 2.80. The predicted molar refractivity (Wildman–Crippen MR) is 73.3 cm³/mol. The molecule has 0 saturated carbocycles. The van der Waals surface area contributed by atoms with Crippen molar-refractivity contribution in [3.63, 3.8) is 0 Å². The van der Waals surface area contributed by atoms with E-state index >= 15 is 0 Å². The average Bonchev–Trinajstić information content (AvgIpc) is 2.98. The molecular formula is C14H21N3O3. The molecule has 1 aromatic rings. The van der Waals surface area contributed by atoms with Gasteiger partial charge < -0.3 is 10.0 Å². The van der Waals surface area contributed by atoms with E-state index in [1.165, 1.54) is 0 Å². The maximum Gasteiger partial charge on any atom is 0.311 e. The van der Waals surface area contributed by atoms with Gasteiger partial charge in [0.25, 0.3) is 0 Å². The number of carboxylic acid groups (broad SMARTS) is 1. The van der Waals surface area contributed by atoms with Crippen LogP contribution in [0.2, 0.25) is 0 Å². The number of H-pyrrole nitrogens is 1. The molecule has 20 heavy (non-hydrogen) atoms. The number of carboxylic acids is 1. The normalized spacial score (nSPS) is 22.2. The van der Waals surface area contributed by atoms with Gasteiger partial charge in [0.2, 0.25) is 5.91 Å². The van der Waals surface area contributed by atoms with Crippen molar-refractivity contribution in [1.82, 2.24) is 15.1 Å². The number of aryl methyl sites for hydroxylation is 2. The van der Waals surface area contributed by atoms with Crippen molar-refractivity contribution in [3.8, 4) is 0 Å². The molecule has 1 fully saturated rings. The summed E-state index contributed by atoms with van der Waals surface area (Å²) in [5.41, 5.74) is 1.88. The lowest BCUT2D eigenvalue weighted by Gasteiger charge is -2.23. The van der Waals surface area contributed by atoms with Gasteiger partial charge in [0.1, 0.15) is 0 Å². The molecule has 1 saturated heterocycles. The highest BCUT2D eigenvalue weighted by molar-refractivity contribution is 5.82. The Bertz CT molecular complexity index is 518. The van der Waals surface area contributed by atoms with Gasteiger partial charge in [-0.1, -0.05) is 6.92 Å². The van der Waals surface area contributed by atoms with Crippen molar-refractivity contribution < 1.29 is 14.7 Å². The van der Waals surface area contributed by atoms with Crippen LogP contribution in [-0.2, 0) is 16.0 Å². The van der Waals surface area contributed by atoms with Gasteiger partial charge in [-0.05, 0) is 26.7 Å². The number of likely N-dealkylation sites (tertiary alicyclic amines) is 1. The monoisotopic (exact) mass is 279 g/mol. The molecule has 0 bridgehead atoms. The number of carbonyl (C=O) groups excluding carboxylic acids is 1. The molecule has 2 rings (SSSR count). The predicted octanol–water partition coefficient (Wildman–Crippen LogP) is 1.28. The zero-order valence-corrected chi connectivity index (χ0v) is 12.2. The second kappa shape index (κ2) is 5.26. The van der Waals surface area contributed by atoms with Gasteiger partial charge >= 0.3 is 5.97 Å². The van der Waals surface area contributed by atoms with Gasteiger partial charge in [-0.15, -0.1) is 0 Å². The Hall–Kier alpha value is -1.85. The molecule has 110 valence electrons. The van der Waals surface area contributed by atoms with Gasteiger partial charge in [-0.2, -0.15) is 5.10 Å². The number of rotatable bonds is 4. The van der Waals surface area contributed by atoms with E-state index in [-0.39, 0.29) is 12.3 Å². The summed E-state index contributed by atoms with van der Waals surface area (Å²) in [5, 5.41) is 16.3. The van der Waals surface area contributed by atoms with Crippen molar-refractivity contribution in [3.05, 3.63) is 17.0 Å². The highest BCUT2D eigenvalue weighted by atomic mass is 16.4. The highest BCUT2D eigenvalue weighted by Gasteiger charge is 2.44. The minimum atomic E-state index is -0.800. The molecule has 1 unspecified atom stereocenters. The lowest BCUT2D eigenvalue weighted by molar-refractivity contribution is -0.148. The Morgan fingerprint density at radius 2 is 2.15 bits per heavy atom. The number of aromatic amines is 1. The molecule has 0 radical (unpaired) electrons. The Morgan fingerprint density at radius 3 is 2.60 bits per heavy atom. The van der Waals surface area contributed by atoms with E-state index in [2.05, 4.69) is 10.2 Å². The number of hydrogen-bond donors (Lipinski definition) is 2. The summed E-state index contributed by atoms with van der Waals surface area (Å²) in [5.74, 6) is -0.819. The first-order chi connectivity index (χ1) is 9.39. The maximum atomic E-state index is 12.3. The fraction of sp³-hybridized carbons (Fsp3) is 0.643. The number of carbonyl (C=O) groups is 2. The van der Waals surface area contributed by atoms with Crippen LogP contribution in [0.15, 0.2) is 0 Å². The van der Waals surface area contributed by atoms with E-state index in [0.29, 0.717) is 25.9 Å². The van der Waals surface area contributed by atoms with E-state index < -0.39 is 11.4 Å². The molecule has 2 heterocycles. The summed E-state index contributed by atoms with van der Waals surface area (Å²) in [6.07, 6.45) is 1.37. The van der Waals surface area contributed by atoms with Crippen LogP contribution in [0.5, 0.6) is 0 Å². The second-order valence-corrected chi connectivity index (χ2v) is 5.59. The van der Waals surface area contributed by atoms with Crippen LogP contribution in [0.25, 0.3) is 0 Å². The fourth-order valence-electron chi connectivity index (χ4n) is 2.80. The summed E-state index contributed by atoms with van der Waals surface area (Å²) in [4.78, 5) is 25.4. The number of aliphatic carboxylic acids is 1. The number of nitrogens with one attached hydrogen (secondary N) is 1. The van der Waals surface area contributed by atoms with Crippen molar-refractivity contribution in [2.45, 2.75) is 40.0 Å². The Balaban J connectivity index is 2.07. The second-order valence-electron chi connectivity index (χ2n) is 5.59. The van der Waals surface area contributed by atoms with Crippen LogP contribution in [0.3, 0.4) is 0 Å². The lowest BCUT2D eigenvalue weighted by atomic mass is 9.84. The van der Waals surface area contributed by atoms with E-state index in [0.717, 1.165) is 17.0 Å². The number of aromatic nitrogens is 2. The molecule has 6 nitrogen and oxygen atoms in total. The van der Waals surface area contributed by atoms with Crippen molar-refractivity contribution in [1.29, 1.82) is 0 Å². The van der Waals surface area contributed by atoms with Crippen LogP contribution in [-0.4, -0.2) is 45.2 Å². The van der Waals surface area contributed by atoms with Crippen LogP contribution >= 0.6 is 0 Å². The summed E-state index contributed by atoms with van der Waals surface area (Å²) in [7, 11) is 0. The Kier molecular flexibility index (Phi) is 3.83. The third kappa shape index (κ3) is 2.42. The molecule has 1 aliphatic heterocycles. The third-order valence-corrected chi connectivity index (χ3v) is 4.45. The molecular weight excluding hydrogens is 258 g/mol. The standard InChI is InChI=1S/C14H21N3O3/c1-4-14(13(19)20)5-6-17(8-14)12(18)7-11-9(2)15-16-10(11)3/h4-8H2,1-3H3,(H,15,16)(H,19,20). The van der Waals surface area contributed by atoms with Gasteiger partial charge in [0.05, 0.1) is 17.5 Å². The summed E-state index contributed by atoms with van der Waals surface area (Å²) < 4.78 is 0. The van der Waals surface area contributed by atoms with Crippen molar-refractivity contribution in [2.24, 2.45) is 5.41 Å². The highest BCUT2D eigenvalue weighted by Crippen LogP contribution is 2.34. The molecule has 0 spiro atoms.